The van der Waals surface area contributed by atoms with Crippen molar-refractivity contribution < 1.29 is 8.42 Å². The van der Waals surface area contributed by atoms with Gasteiger partial charge in [-0.25, -0.2) is 8.42 Å². The molecule has 1 unspecified atom stereocenters. The maximum Gasteiger partial charge on any atom is 0.253 e. The van der Waals surface area contributed by atoms with Gasteiger partial charge in [-0.2, -0.15) is 4.31 Å². The normalized spacial score (nSPS) is 20.8. The Labute approximate surface area is 133 Å². The van der Waals surface area contributed by atoms with Crippen molar-refractivity contribution in [3.8, 4) is 0 Å². The van der Waals surface area contributed by atoms with Crippen LogP contribution in [0.1, 0.15) is 33.1 Å². The zero-order valence-electron chi connectivity index (χ0n) is 11.8. The van der Waals surface area contributed by atoms with E-state index in [2.05, 4.69) is 21.2 Å². The SMILES string of the molecule is CC(C)N(CC1CCCCN1)S(=O)(=O)c1sccc1Br. The maximum atomic E-state index is 12.8. The number of nitrogens with zero attached hydrogens (tertiary/aromatic N) is 1. The zero-order chi connectivity index (χ0) is 14.8. The Balaban J connectivity index is 2.21. The van der Waals surface area contributed by atoms with E-state index in [1.807, 2.05) is 13.8 Å². The summed E-state index contributed by atoms with van der Waals surface area (Å²) in [6.07, 6.45) is 3.40. The van der Waals surface area contributed by atoms with E-state index < -0.39 is 10.0 Å². The smallest absolute Gasteiger partial charge is 0.253 e. The Morgan fingerprint density at radius 1 is 1.50 bits per heavy atom. The Morgan fingerprint density at radius 2 is 2.25 bits per heavy atom. The molecule has 1 aromatic heterocycles. The van der Waals surface area contributed by atoms with Crippen LogP contribution in [0.3, 0.4) is 0 Å². The van der Waals surface area contributed by atoms with Gasteiger partial charge in [0.2, 0.25) is 0 Å². The summed E-state index contributed by atoms with van der Waals surface area (Å²) in [4.78, 5) is 0. The summed E-state index contributed by atoms with van der Waals surface area (Å²) in [7, 11) is -3.42. The van der Waals surface area contributed by atoms with Gasteiger partial charge in [-0.3, -0.25) is 0 Å². The summed E-state index contributed by atoms with van der Waals surface area (Å²) in [5, 5.41) is 5.22. The number of piperidine rings is 1. The molecular formula is C13H21BrN2O2S2. The van der Waals surface area contributed by atoms with E-state index in [4.69, 9.17) is 0 Å². The maximum absolute atomic E-state index is 12.8. The van der Waals surface area contributed by atoms with Crippen molar-refractivity contribution in [1.82, 2.24) is 9.62 Å². The van der Waals surface area contributed by atoms with Gasteiger partial charge in [0.25, 0.3) is 10.0 Å². The average molecular weight is 381 g/mol. The van der Waals surface area contributed by atoms with E-state index in [0.717, 1.165) is 13.0 Å². The molecule has 0 spiro atoms. The van der Waals surface area contributed by atoms with Gasteiger partial charge in [-0.05, 0) is 60.6 Å². The van der Waals surface area contributed by atoms with Crippen molar-refractivity contribution in [3.63, 3.8) is 0 Å². The molecule has 1 atom stereocenters. The van der Waals surface area contributed by atoms with Gasteiger partial charge in [-0.15, -0.1) is 11.3 Å². The topological polar surface area (TPSA) is 49.4 Å². The minimum Gasteiger partial charge on any atom is -0.313 e. The van der Waals surface area contributed by atoms with Gasteiger partial charge < -0.3 is 5.32 Å². The molecule has 0 amide bonds. The largest absolute Gasteiger partial charge is 0.313 e. The third kappa shape index (κ3) is 3.62. The third-order valence-electron chi connectivity index (χ3n) is 3.52. The molecule has 0 saturated carbocycles. The van der Waals surface area contributed by atoms with Crippen LogP contribution in [0.5, 0.6) is 0 Å². The standard InChI is InChI=1S/C13H21BrN2O2S2/c1-10(2)16(9-11-5-3-4-7-15-11)20(17,18)13-12(14)6-8-19-13/h6,8,10-11,15H,3-5,7,9H2,1-2H3. The molecule has 1 aliphatic heterocycles. The number of sulfonamides is 1. The first-order valence-corrected chi connectivity index (χ1v) is 10.0. The fraction of sp³-hybridized carbons (Fsp3) is 0.692. The number of halogens is 1. The van der Waals surface area contributed by atoms with Gasteiger partial charge in [-0.1, -0.05) is 6.42 Å². The van der Waals surface area contributed by atoms with Crippen molar-refractivity contribution in [2.75, 3.05) is 13.1 Å². The van der Waals surface area contributed by atoms with Gasteiger partial charge >= 0.3 is 0 Å². The number of rotatable bonds is 5. The highest BCUT2D eigenvalue weighted by Crippen LogP contribution is 2.31. The van der Waals surface area contributed by atoms with Gasteiger partial charge in [0.1, 0.15) is 4.21 Å². The Hall–Kier alpha value is 0.0500. The van der Waals surface area contributed by atoms with Crippen LogP contribution < -0.4 is 5.32 Å². The summed E-state index contributed by atoms with van der Waals surface area (Å²) in [5.74, 6) is 0. The average Bonchev–Trinajstić information content (AvgIpc) is 2.83. The highest BCUT2D eigenvalue weighted by atomic mass is 79.9. The molecular weight excluding hydrogens is 360 g/mol. The Kier molecular flexibility index (Phi) is 5.64. The lowest BCUT2D eigenvalue weighted by atomic mass is 10.1. The number of hydrogen-bond acceptors (Lipinski definition) is 4. The van der Waals surface area contributed by atoms with Crippen LogP contribution in [0.4, 0.5) is 0 Å². The molecule has 2 heterocycles. The lowest BCUT2D eigenvalue weighted by Gasteiger charge is -2.32. The molecule has 2 rings (SSSR count). The van der Waals surface area contributed by atoms with Gasteiger partial charge in [0.15, 0.2) is 0 Å². The molecule has 1 N–H and O–H groups in total. The van der Waals surface area contributed by atoms with Gasteiger partial charge in [0.05, 0.1) is 0 Å². The summed E-state index contributed by atoms with van der Waals surface area (Å²) in [5.41, 5.74) is 0. The van der Waals surface area contributed by atoms with Crippen LogP contribution in [0, 0.1) is 0 Å². The minimum absolute atomic E-state index is 0.0438. The van der Waals surface area contributed by atoms with Crippen LogP contribution in [0.15, 0.2) is 20.1 Å². The molecule has 1 aromatic rings. The van der Waals surface area contributed by atoms with Crippen molar-refractivity contribution in [2.24, 2.45) is 0 Å². The highest BCUT2D eigenvalue weighted by molar-refractivity contribution is 9.10. The van der Waals surface area contributed by atoms with E-state index in [9.17, 15) is 8.42 Å². The van der Waals surface area contributed by atoms with Crippen LogP contribution in [0.25, 0.3) is 0 Å². The third-order valence-corrected chi connectivity index (χ3v) is 8.21. The molecule has 114 valence electrons. The van der Waals surface area contributed by atoms with E-state index in [1.54, 1.807) is 15.8 Å². The summed E-state index contributed by atoms with van der Waals surface area (Å²) in [6, 6.07) is 2.01. The molecule has 0 bridgehead atoms. The minimum atomic E-state index is -3.42. The molecule has 0 aliphatic carbocycles. The van der Waals surface area contributed by atoms with Crippen LogP contribution in [-0.4, -0.2) is 37.9 Å². The van der Waals surface area contributed by atoms with Crippen LogP contribution >= 0.6 is 27.3 Å². The second kappa shape index (κ2) is 6.87. The molecule has 0 radical (unpaired) electrons. The summed E-state index contributed by atoms with van der Waals surface area (Å²) in [6.45, 7) is 5.40. The molecule has 1 aliphatic rings. The predicted molar refractivity (Wildman–Crippen MR) is 86.7 cm³/mol. The quantitative estimate of drug-likeness (QED) is 0.853. The highest BCUT2D eigenvalue weighted by Gasteiger charge is 2.32. The first kappa shape index (κ1) is 16.4. The summed E-state index contributed by atoms with van der Waals surface area (Å²) >= 11 is 4.60. The van der Waals surface area contributed by atoms with Crippen molar-refractivity contribution in [1.29, 1.82) is 0 Å². The second-order valence-corrected chi connectivity index (χ2v) is 9.23. The van der Waals surface area contributed by atoms with Crippen LogP contribution in [0.2, 0.25) is 0 Å². The van der Waals surface area contributed by atoms with E-state index in [-0.39, 0.29) is 12.1 Å². The molecule has 4 nitrogen and oxygen atoms in total. The Bertz CT molecular complexity index is 536. The van der Waals surface area contributed by atoms with Crippen molar-refractivity contribution in [2.45, 2.75) is 49.4 Å². The fourth-order valence-electron chi connectivity index (χ4n) is 2.45. The second-order valence-electron chi connectivity index (χ2n) is 5.37. The van der Waals surface area contributed by atoms with E-state index >= 15 is 0 Å². The molecule has 0 aromatic carbocycles. The Morgan fingerprint density at radius 3 is 2.75 bits per heavy atom. The number of thiophene rings is 1. The van der Waals surface area contributed by atoms with E-state index in [0.29, 0.717) is 15.2 Å². The number of hydrogen-bond donors (Lipinski definition) is 1. The summed E-state index contributed by atoms with van der Waals surface area (Å²) < 4.78 is 28.3. The molecule has 1 fully saturated rings. The molecule has 7 heteroatoms. The van der Waals surface area contributed by atoms with E-state index in [1.165, 1.54) is 24.2 Å². The fourth-order valence-corrected chi connectivity index (χ4v) is 6.56. The molecule has 1 saturated heterocycles. The lowest BCUT2D eigenvalue weighted by Crippen LogP contribution is -2.48. The lowest BCUT2D eigenvalue weighted by molar-refractivity contribution is 0.283. The number of nitrogens with one attached hydrogen (secondary N) is 1. The first-order valence-electron chi connectivity index (χ1n) is 6.91. The predicted octanol–water partition coefficient (Wildman–Crippen LogP) is 3.05. The first-order chi connectivity index (χ1) is 9.43. The van der Waals surface area contributed by atoms with Crippen LogP contribution in [-0.2, 0) is 10.0 Å². The van der Waals surface area contributed by atoms with Crippen molar-refractivity contribution in [3.05, 3.63) is 15.9 Å². The molecule has 20 heavy (non-hydrogen) atoms. The van der Waals surface area contributed by atoms with Gasteiger partial charge in [0, 0.05) is 23.1 Å². The zero-order valence-corrected chi connectivity index (χ0v) is 15.0. The van der Waals surface area contributed by atoms with Crippen molar-refractivity contribution >= 4 is 37.3 Å². The monoisotopic (exact) mass is 380 g/mol.